The normalized spacial score (nSPS) is 10.7. The van der Waals surface area contributed by atoms with Crippen molar-refractivity contribution in [2.75, 3.05) is 0 Å². The average Bonchev–Trinajstić information content (AvgIpc) is 2.81. The fraction of sp³-hybridized carbons (Fsp3) is 0.0667. The van der Waals surface area contributed by atoms with Crippen LogP contribution in [0.3, 0.4) is 0 Å². The maximum absolute atomic E-state index is 5.82. The molecule has 0 spiro atoms. The maximum Gasteiger partial charge on any atom is 0.128 e. The summed E-state index contributed by atoms with van der Waals surface area (Å²) in [5.74, 6) is 0.818. The molecule has 0 amide bonds. The van der Waals surface area contributed by atoms with Gasteiger partial charge in [-0.3, -0.25) is 0 Å². The summed E-state index contributed by atoms with van der Waals surface area (Å²) in [7, 11) is 0. The molecule has 0 fully saturated rings. The first kappa shape index (κ1) is 11.2. The van der Waals surface area contributed by atoms with Gasteiger partial charge in [0.2, 0.25) is 0 Å². The predicted molar refractivity (Wildman–Crippen MR) is 74.1 cm³/mol. The Balaban J connectivity index is 1.74. The predicted octanol–water partition coefficient (Wildman–Crippen LogP) is 4.40. The standard InChI is InChI=1S/C15H12ClNO/c16-12-5-7-14(8-6-12)18-10-13-9-11-3-1-2-4-15(11)17-13/h1-9,17H,10H2. The molecule has 1 N–H and O–H groups in total. The lowest BCUT2D eigenvalue weighted by Crippen LogP contribution is -1.94. The van der Waals surface area contributed by atoms with Gasteiger partial charge in [0.05, 0.1) is 5.69 Å². The summed E-state index contributed by atoms with van der Waals surface area (Å²) in [5.41, 5.74) is 2.19. The zero-order valence-corrected chi connectivity index (χ0v) is 10.4. The molecule has 1 aromatic heterocycles. The van der Waals surface area contributed by atoms with E-state index in [1.165, 1.54) is 5.39 Å². The number of H-pyrrole nitrogens is 1. The Morgan fingerprint density at radius 2 is 1.78 bits per heavy atom. The fourth-order valence-electron chi connectivity index (χ4n) is 1.90. The van der Waals surface area contributed by atoms with Crippen LogP contribution in [0.4, 0.5) is 0 Å². The molecule has 90 valence electrons. The van der Waals surface area contributed by atoms with Crippen LogP contribution in [-0.2, 0) is 6.61 Å². The number of fused-ring (bicyclic) bond motifs is 1. The topological polar surface area (TPSA) is 25.0 Å². The maximum atomic E-state index is 5.82. The highest BCUT2D eigenvalue weighted by Gasteiger charge is 2.01. The lowest BCUT2D eigenvalue weighted by Gasteiger charge is -2.04. The third-order valence-corrected chi connectivity index (χ3v) is 3.05. The highest BCUT2D eigenvalue weighted by atomic mass is 35.5. The van der Waals surface area contributed by atoms with Gasteiger partial charge in [0.15, 0.2) is 0 Å². The van der Waals surface area contributed by atoms with Crippen LogP contribution in [0.15, 0.2) is 54.6 Å². The van der Waals surface area contributed by atoms with Gasteiger partial charge in [-0.2, -0.15) is 0 Å². The minimum absolute atomic E-state index is 0.524. The van der Waals surface area contributed by atoms with E-state index in [-0.39, 0.29) is 0 Å². The Kier molecular flexibility index (Phi) is 2.95. The molecule has 3 heteroatoms. The van der Waals surface area contributed by atoms with Crippen molar-refractivity contribution in [2.24, 2.45) is 0 Å². The van der Waals surface area contributed by atoms with Gasteiger partial charge in [-0.15, -0.1) is 0 Å². The quantitative estimate of drug-likeness (QED) is 0.739. The summed E-state index contributed by atoms with van der Waals surface area (Å²) in [5, 5.41) is 1.92. The lowest BCUT2D eigenvalue weighted by molar-refractivity contribution is 0.302. The fourth-order valence-corrected chi connectivity index (χ4v) is 2.03. The van der Waals surface area contributed by atoms with Gasteiger partial charge in [-0.1, -0.05) is 29.8 Å². The van der Waals surface area contributed by atoms with Crippen molar-refractivity contribution in [3.8, 4) is 5.75 Å². The van der Waals surface area contributed by atoms with Gasteiger partial charge >= 0.3 is 0 Å². The zero-order valence-electron chi connectivity index (χ0n) is 9.69. The second-order valence-corrected chi connectivity index (χ2v) is 4.56. The Hall–Kier alpha value is -1.93. The van der Waals surface area contributed by atoms with Crippen molar-refractivity contribution in [3.63, 3.8) is 0 Å². The highest BCUT2D eigenvalue weighted by Crippen LogP contribution is 2.19. The summed E-state index contributed by atoms with van der Waals surface area (Å²) in [6.45, 7) is 0.524. The zero-order chi connectivity index (χ0) is 12.4. The Bertz CT molecular complexity index is 625. The van der Waals surface area contributed by atoms with Crippen molar-refractivity contribution in [1.29, 1.82) is 0 Å². The van der Waals surface area contributed by atoms with Crippen molar-refractivity contribution < 1.29 is 4.74 Å². The van der Waals surface area contributed by atoms with Crippen LogP contribution in [-0.4, -0.2) is 4.98 Å². The first-order valence-electron chi connectivity index (χ1n) is 5.76. The Labute approximate surface area is 110 Å². The van der Waals surface area contributed by atoms with Crippen molar-refractivity contribution in [3.05, 3.63) is 65.3 Å². The highest BCUT2D eigenvalue weighted by molar-refractivity contribution is 6.30. The van der Waals surface area contributed by atoms with E-state index in [9.17, 15) is 0 Å². The Morgan fingerprint density at radius 3 is 2.56 bits per heavy atom. The van der Waals surface area contributed by atoms with Gasteiger partial charge < -0.3 is 9.72 Å². The van der Waals surface area contributed by atoms with Crippen LogP contribution < -0.4 is 4.74 Å². The number of nitrogens with one attached hydrogen (secondary N) is 1. The van der Waals surface area contributed by atoms with Crippen LogP contribution in [0.5, 0.6) is 5.75 Å². The number of benzene rings is 2. The van der Waals surface area contributed by atoms with Gasteiger partial charge in [-0.05, 0) is 41.8 Å². The van der Waals surface area contributed by atoms with E-state index < -0.39 is 0 Å². The number of halogens is 1. The largest absolute Gasteiger partial charge is 0.487 e. The number of hydrogen-bond donors (Lipinski definition) is 1. The van der Waals surface area contributed by atoms with Crippen LogP contribution >= 0.6 is 11.6 Å². The SMILES string of the molecule is Clc1ccc(OCc2cc3ccccc3[nH]2)cc1. The first-order chi connectivity index (χ1) is 8.81. The van der Waals surface area contributed by atoms with Crippen molar-refractivity contribution >= 4 is 22.5 Å². The molecule has 3 aromatic rings. The second-order valence-electron chi connectivity index (χ2n) is 4.12. The molecular weight excluding hydrogens is 246 g/mol. The molecule has 2 nitrogen and oxygen atoms in total. The molecule has 3 rings (SSSR count). The smallest absolute Gasteiger partial charge is 0.128 e. The summed E-state index contributed by atoms with van der Waals surface area (Å²) in [6.07, 6.45) is 0. The summed E-state index contributed by atoms with van der Waals surface area (Å²) in [4.78, 5) is 3.33. The number of ether oxygens (including phenoxy) is 1. The Morgan fingerprint density at radius 1 is 1.00 bits per heavy atom. The van der Waals surface area contributed by atoms with E-state index in [1.54, 1.807) is 0 Å². The summed E-state index contributed by atoms with van der Waals surface area (Å²) in [6, 6.07) is 17.7. The second kappa shape index (κ2) is 4.75. The number of para-hydroxylation sites is 1. The van der Waals surface area contributed by atoms with Crippen LogP contribution in [0.25, 0.3) is 10.9 Å². The number of aromatic amines is 1. The van der Waals surface area contributed by atoms with Gasteiger partial charge in [0, 0.05) is 10.5 Å². The van der Waals surface area contributed by atoms with E-state index in [1.807, 2.05) is 36.4 Å². The third kappa shape index (κ3) is 2.34. The minimum Gasteiger partial charge on any atom is -0.487 e. The molecule has 0 saturated heterocycles. The molecule has 0 aliphatic carbocycles. The summed E-state index contributed by atoms with van der Waals surface area (Å²) >= 11 is 5.82. The minimum atomic E-state index is 0.524. The average molecular weight is 258 g/mol. The van der Waals surface area contributed by atoms with E-state index in [0.717, 1.165) is 17.0 Å². The van der Waals surface area contributed by atoms with Crippen LogP contribution in [0.2, 0.25) is 5.02 Å². The van der Waals surface area contributed by atoms with Crippen LogP contribution in [0.1, 0.15) is 5.69 Å². The molecule has 0 unspecified atom stereocenters. The molecule has 0 bridgehead atoms. The monoisotopic (exact) mass is 257 g/mol. The van der Waals surface area contributed by atoms with E-state index >= 15 is 0 Å². The van der Waals surface area contributed by atoms with E-state index in [2.05, 4.69) is 23.2 Å². The van der Waals surface area contributed by atoms with Crippen LogP contribution in [0, 0.1) is 0 Å². The number of rotatable bonds is 3. The molecule has 0 atom stereocenters. The molecular formula is C15H12ClNO. The van der Waals surface area contributed by atoms with Gasteiger partial charge in [-0.25, -0.2) is 0 Å². The lowest BCUT2D eigenvalue weighted by atomic mass is 10.2. The number of hydrogen-bond acceptors (Lipinski definition) is 1. The first-order valence-corrected chi connectivity index (χ1v) is 6.14. The van der Waals surface area contributed by atoms with Gasteiger partial charge in [0.25, 0.3) is 0 Å². The molecule has 0 aliphatic rings. The van der Waals surface area contributed by atoms with Gasteiger partial charge in [0.1, 0.15) is 12.4 Å². The van der Waals surface area contributed by atoms with E-state index in [4.69, 9.17) is 16.3 Å². The molecule has 0 aliphatic heterocycles. The molecule has 1 heterocycles. The third-order valence-electron chi connectivity index (χ3n) is 2.79. The summed E-state index contributed by atoms with van der Waals surface area (Å²) < 4.78 is 5.69. The number of aromatic nitrogens is 1. The molecule has 0 saturated carbocycles. The van der Waals surface area contributed by atoms with Crippen molar-refractivity contribution in [2.45, 2.75) is 6.61 Å². The molecule has 2 aromatic carbocycles. The van der Waals surface area contributed by atoms with E-state index in [0.29, 0.717) is 11.6 Å². The van der Waals surface area contributed by atoms with Crippen molar-refractivity contribution in [1.82, 2.24) is 4.98 Å². The molecule has 18 heavy (non-hydrogen) atoms. The molecule has 0 radical (unpaired) electrons.